The predicted molar refractivity (Wildman–Crippen MR) is 111 cm³/mol. The fourth-order valence-corrected chi connectivity index (χ4v) is 3.66. The van der Waals surface area contributed by atoms with E-state index in [1.807, 2.05) is 55.6 Å². The van der Waals surface area contributed by atoms with Crippen molar-refractivity contribution in [1.82, 2.24) is 9.97 Å². The zero-order valence-electron chi connectivity index (χ0n) is 16.0. The summed E-state index contributed by atoms with van der Waals surface area (Å²) in [6, 6.07) is 14.1. The number of rotatable bonds is 5. The predicted octanol–water partition coefficient (Wildman–Crippen LogP) is 3.89. The molecule has 0 radical (unpaired) electrons. The first kappa shape index (κ1) is 18.2. The van der Waals surface area contributed by atoms with Crippen molar-refractivity contribution >= 4 is 28.4 Å². The lowest BCUT2D eigenvalue weighted by molar-refractivity contribution is 0.0527. The van der Waals surface area contributed by atoms with Crippen LogP contribution in [0.2, 0.25) is 0 Å². The third-order valence-electron chi connectivity index (χ3n) is 5.09. The monoisotopic (exact) mass is 376 g/mol. The molecule has 0 atom stereocenters. The van der Waals surface area contributed by atoms with E-state index in [1.165, 1.54) is 0 Å². The number of esters is 1. The van der Waals surface area contributed by atoms with Crippen molar-refractivity contribution in [2.24, 2.45) is 0 Å². The Morgan fingerprint density at radius 1 is 1.14 bits per heavy atom. The molecule has 0 saturated carbocycles. The van der Waals surface area contributed by atoms with Crippen LogP contribution in [0.5, 0.6) is 0 Å². The summed E-state index contributed by atoms with van der Waals surface area (Å²) in [7, 11) is 0. The number of para-hydroxylation sites is 1. The number of carbonyl (C=O) groups is 1. The minimum atomic E-state index is -0.339. The lowest BCUT2D eigenvalue weighted by Crippen LogP contribution is -2.39. The van der Waals surface area contributed by atoms with Gasteiger partial charge in [0.25, 0.3) is 0 Å². The number of nitrogens with zero attached hydrogens (tertiary/aromatic N) is 3. The Morgan fingerprint density at radius 2 is 1.93 bits per heavy atom. The molecule has 0 spiro atoms. The number of anilines is 2. The standard InChI is InChI=1S/C22H24N4O2/c1-2-28-22(27)18-15-24-19-8-4-3-7-17(19)21(18)25-16-10-13-26(14-11-16)20-9-5-6-12-23-20/h3-9,12,15-16H,2,10-11,13-14H2,1H3,(H,24,25). The van der Waals surface area contributed by atoms with E-state index >= 15 is 0 Å². The molecule has 1 aliphatic rings. The van der Waals surface area contributed by atoms with Gasteiger partial charge in [-0.15, -0.1) is 0 Å². The largest absolute Gasteiger partial charge is 0.462 e. The Labute approximate surface area is 164 Å². The van der Waals surface area contributed by atoms with Gasteiger partial charge < -0.3 is 15.0 Å². The number of aromatic nitrogens is 2. The molecule has 1 aromatic carbocycles. The molecular formula is C22H24N4O2. The lowest BCUT2D eigenvalue weighted by Gasteiger charge is -2.34. The molecule has 3 heterocycles. The third kappa shape index (κ3) is 3.76. The second-order valence-electron chi connectivity index (χ2n) is 6.88. The Kier molecular flexibility index (Phi) is 5.37. The van der Waals surface area contributed by atoms with Crippen molar-refractivity contribution in [2.75, 3.05) is 29.9 Å². The van der Waals surface area contributed by atoms with Crippen LogP contribution in [0, 0.1) is 0 Å². The molecule has 1 saturated heterocycles. The minimum absolute atomic E-state index is 0.277. The molecule has 1 fully saturated rings. The van der Waals surface area contributed by atoms with Gasteiger partial charge in [-0.25, -0.2) is 9.78 Å². The van der Waals surface area contributed by atoms with Crippen LogP contribution >= 0.6 is 0 Å². The highest BCUT2D eigenvalue weighted by Crippen LogP contribution is 2.29. The van der Waals surface area contributed by atoms with Gasteiger partial charge in [-0.2, -0.15) is 0 Å². The van der Waals surface area contributed by atoms with E-state index in [4.69, 9.17) is 4.74 Å². The summed E-state index contributed by atoms with van der Waals surface area (Å²) in [5, 5.41) is 4.56. The van der Waals surface area contributed by atoms with E-state index in [0.29, 0.717) is 12.2 Å². The maximum atomic E-state index is 12.5. The van der Waals surface area contributed by atoms with E-state index in [9.17, 15) is 4.79 Å². The average molecular weight is 376 g/mol. The zero-order valence-corrected chi connectivity index (χ0v) is 16.0. The van der Waals surface area contributed by atoms with Crippen LogP contribution in [0.1, 0.15) is 30.1 Å². The minimum Gasteiger partial charge on any atom is -0.462 e. The SMILES string of the molecule is CCOC(=O)c1cnc2ccccc2c1NC1CCN(c2ccccn2)CC1. The molecule has 1 aliphatic heterocycles. The summed E-state index contributed by atoms with van der Waals surface area (Å²) in [5.74, 6) is 0.677. The van der Waals surface area contributed by atoms with Gasteiger partial charge in [-0.3, -0.25) is 4.98 Å². The van der Waals surface area contributed by atoms with Gasteiger partial charge in [-0.1, -0.05) is 24.3 Å². The van der Waals surface area contributed by atoms with Crippen LogP contribution in [-0.4, -0.2) is 41.7 Å². The number of hydrogen-bond acceptors (Lipinski definition) is 6. The molecule has 4 rings (SSSR count). The number of hydrogen-bond donors (Lipinski definition) is 1. The van der Waals surface area contributed by atoms with E-state index in [-0.39, 0.29) is 12.0 Å². The first-order valence-electron chi connectivity index (χ1n) is 9.73. The number of pyridine rings is 2. The molecule has 0 aliphatic carbocycles. The Hall–Kier alpha value is -3.15. The maximum Gasteiger partial charge on any atom is 0.341 e. The number of piperidine rings is 1. The first-order chi connectivity index (χ1) is 13.8. The molecule has 0 unspecified atom stereocenters. The van der Waals surface area contributed by atoms with Crippen molar-refractivity contribution in [1.29, 1.82) is 0 Å². The molecule has 28 heavy (non-hydrogen) atoms. The van der Waals surface area contributed by atoms with Gasteiger partial charge in [0.2, 0.25) is 0 Å². The number of fused-ring (bicyclic) bond motifs is 1. The van der Waals surface area contributed by atoms with E-state index in [0.717, 1.165) is 48.3 Å². The molecule has 0 bridgehead atoms. The highest BCUT2D eigenvalue weighted by atomic mass is 16.5. The van der Waals surface area contributed by atoms with Crippen molar-refractivity contribution in [2.45, 2.75) is 25.8 Å². The first-order valence-corrected chi connectivity index (χ1v) is 9.73. The maximum absolute atomic E-state index is 12.5. The summed E-state index contributed by atoms with van der Waals surface area (Å²) in [6.07, 6.45) is 5.38. The van der Waals surface area contributed by atoms with Crippen molar-refractivity contribution in [3.05, 3.63) is 60.4 Å². The smallest absolute Gasteiger partial charge is 0.341 e. The molecular weight excluding hydrogens is 352 g/mol. The van der Waals surface area contributed by atoms with Crippen LogP contribution < -0.4 is 10.2 Å². The molecule has 3 aromatic rings. The Morgan fingerprint density at radius 3 is 2.68 bits per heavy atom. The summed E-state index contributed by atoms with van der Waals surface area (Å²) in [4.78, 5) is 23.6. The van der Waals surface area contributed by atoms with Crippen LogP contribution in [-0.2, 0) is 4.74 Å². The molecule has 6 nitrogen and oxygen atoms in total. The fourth-order valence-electron chi connectivity index (χ4n) is 3.66. The fraction of sp³-hybridized carbons (Fsp3) is 0.318. The van der Waals surface area contributed by atoms with Crippen LogP contribution in [0.25, 0.3) is 10.9 Å². The molecule has 2 aromatic heterocycles. The highest BCUT2D eigenvalue weighted by molar-refractivity contribution is 6.04. The van der Waals surface area contributed by atoms with E-state index < -0.39 is 0 Å². The van der Waals surface area contributed by atoms with Crippen LogP contribution in [0.4, 0.5) is 11.5 Å². The summed E-state index contributed by atoms with van der Waals surface area (Å²) in [5.41, 5.74) is 2.18. The molecule has 0 amide bonds. The van der Waals surface area contributed by atoms with Gasteiger partial charge in [0.05, 0.1) is 17.8 Å². The summed E-state index contributed by atoms with van der Waals surface area (Å²) in [6.45, 7) is 4.00. The third-order valence-corrected chi connectivity index (χ3v) is 5.09. The lowest BCUT2D eigenvalue weighted by atomic mass is 10.0. The molecule has 1 N–H and O–H groups in total. The number of ether oxygens (including phenoxy) is 1. The van der Waals surface area contributed by atoms with Gasteiger partial charge in [0, 0.05) is 36.9 Å². The topological polar surface area (TPSA) is 67.3 Å². The second-order valence-corrected chi connectivity index (χ2v) is 6.88. The Bertz CT molecular complexity index is 953. The van der Waals surface area contributed by atoms with Gasteiger partial charge in [-0.05, 0) is 38.0 Å². The number of benzene rings is 1. The molecule has 144 valence electrons. The van der Waals surface area contributed by atoms with Gasteiger partial charge in [0.1, 0.15) is 11.4 Å². The quantitative estimate of drug-likeness (QED) is 0.682. The zero-order chi connectivity index (χ0) is 19.3. The summed E-state index contributed by atoms with van der Waals surface area (Å²) < 4.78 is 5.25. The van der Waals surface area contributed by atoms with E-state index in [2.05, 4.69) is 20.2 Å². The highest BCUT2D eigenvalue weighted by Gasteiger charge is 2.23. The molecule has 6 heteroatoms. The van der Waals surface area contributed by atoms with Crippen LogP contribution in [0.3, 0.4) is 0 Å². The van der Waals surface area contributed by atoms with Gasteiger partial charge in [0.15, 0.2) is 0 Å². The van der Waals surface area contributed by atoms with Crippen LogP contribution in [0.15, 0.2) is 54.9 Å². The average Bonchev–Trinajstić information content (AvgIpc) is 2.75. The summed E-state index contributed by atoms with van der Waals surface area (Å²) >= 11 is 0. The number of nitrogens with one attached hydrogen (secondary N) is 1. The second kappa shape index (κ2) is 8.25. The van der Waals surface area contributed by atoms with Gasteiger partial charge >= 0.3 is 5.97 Å². The van der Waals surface area contributed by atoms with E-state index in [1.54, 1.807) is 6.20 Å². The normalized spacial score (nSPS) is 14.8. The van der Waals surface area contributed by atoms with Crippen molar-refractivity contribution in [3.8, 4) is 0 Å². The van der Waals surface area contributed by atoms with Crippen molar-refractivity contribution in [3.63, 3.8) is 0 Å². The Balaban J connectivity index is 1.56. The number of carbonyl (C=O) groups excluding carboxylic acids is 1. The van der Waals surface area contributed by atoms with Crippen molar-refractivity contribution < 1.29 is 9.53 Å².